The summed E-state index contributed by atoms with van der Waals surface area (Å²) in [6, 6.07) is 10.4. The van der Waals surface area contributed by atoms with Gasteiger partial charge in [0.05, 0.1) is 29.5 Å². The van der Waals surface area contributed by atoms with Gasteiger partial charge in [0.2, 0.25) is 0 Å². The molecule has 3 rings (SSSR count). The van der Waals surface area contributed by atoms with Crippen LogP contribution in [-0.4, -0.2) is 46.1 Å². The second-order valence-electron chi connectivity index (χ2n) is 8.43. The molecular formula is C22H34O3S2. The number of aliphatic hydroxyl groups is 1. The van der Waals surface area contributed by atoms with Crippen LogP contribution in [0.15, 0.2) is 30.3 Å². The third-order valence-electron chi connectivity index (χ3n) is 5.63. The predicted molar refractivity (Wildman–Crippen MR) is 116 cm³/mol. The highest BCUT2D eigenvalue weighted by Crippen LogP contribution is 2.52. The van der Waals surface area contributed by atoms with E-state index in [0.29, 0.717) is 13.2 Å². The minimum atomic E-state index is -0.0571. The summed E-state index contributed by atoms with van der Waals surface area (Å²) in [5, 5.41) is 9.45. The Labute approximate surface area is 173 Å². The van der Waals surface area contributed by atoms with Crippen LogP contribution in [0.2, 0.25) is 0 Å². The van der Waals surface area contributed by atoms with Gasteiger partial charge in [-0.3, -0.25) is 0 Å². The molecule has 5 heteroatoms. The highest BCUT2D eigenvalue weighted by molar-refractivity contribution is 8.18. The van der Waals surface area contributed by atoms with Crippen LogP contribution < -0.4 is 0 Å². The lowest BCUT2D eigenvalue weighted by Gasteiger charge is -2.41. The lowest BCUT2D eigenvalue weighted by atomic mass is 9.84. The van der Waals surface area contributed by atoms with Crippen LogP contribution in [0.4, 0.5) is 0 Å². The van der Waals surface area contributed by atoms with Crippen LogP contribution in [0.1, 0.15) is 51.5 Å². The largest absolute Gasteiger partial charge is 0.396 e. The van der Waals surface area contributed by atoms with Crippen molar-refractivity contribution in [3.8, 4) is 0 Å². The molecule has 3 nitrogen and oxygen atoms in total. The third kappa shape index (κ3) is 6.14. The molecule has 0 radical (unpaired) electrons. The van der Waals surface area contributed by atoms with Gasteiger partial charge < -0.3 is 14.6 Å². The molecule has 0 unspecified atom stereocenters. The first kappa shape index (κ1) is 21.5. The van der Waals surface area contributed by atoms with E-state index in [1.807, 2.05) is 6.07 Å². The van der Waals surface area contributed by atoms with Crippen LogP contribution in [0.5, 0.6) is 0 Å². The summed E-state index contributed by atoms with van der Waals surface area (Å²) in [6.45, 7) is 6.08. The molecule has 152 valence electrons. The summed E-state index contributed by atoms with van der Waals surface area (Å²) in [7, 11) is 0. The van der Waals surface area contributed by atoms with E-state index in [-0.39, 0.29) is 28.3 Å². The van der Waals surface area contributed by atoms with Crippen molar-refractivity contribution in [3.05, 3.63) is 35.9 Å². The fraction of sp³-hybridized carbons (Fsp3) is 0.727. The van der Waals surface area contributed by atoms with Crippen molar-refractivity contribution >= 4 is 23.5 Å². The van der Waals surface area contributed by atoms with Crippen LogP contribution >= 0.6 is 23.5 Å². The normalized spacial score (nSPS) is 26.0. The smallest absolute Gasteiger partial charge is 0.0717 e. The Kier molecular flexibility index (Phi) is 7.98. The third-order valence-corrected chi connectivity index (χ3v) is 9.11. The van der Waals surface area contributed by atoms with Crippen molar-refractivity contribution in [1.29, 1.82) is 0 Å². The first-order valence-electron chi connectivity index (χ1n) is 10.2. The summed E-state index contributed by atoms with van der Waals surface area (Å²) in [4.78, 5) is 0. The summed E-state index contributed by atoms with van der Waals surface area (Å²) >= 11 is 4.28. The number of rotatable bonds is 7. The van der Waals surface area contributed by atoms with Gasteiger partial charge in [-0.05, 0) is 49.2 Å². The predicted octanol–water partition coefficient (Wildman–Crippen LogP) is 5.12. The molecule has 0 saturated carbocycles. The molecule has 1 spiro atoms. The van der Waals surface area contributed by atoms with Crippen LogP contribution in [0, 0.1) is 5.41 Å². The average molecular weight is 411 g/mol. The molecule has 1 N–H and O–H groups in total. The molecule has 0 amide bonds. The summed E-state index contributed by atoms with van der Waals surface area (Å²) < 4.78 is 13.0. The van der Waals surface area contributed by atoms with E-state index in [4.69, 9.17) is 9.47 Å². The lowest BCUT2D eigenvalue weighted by molar-refractivity contribution is -0.102. The van der Waals surface area contributed by atoms with Crippen molar-refractivity contribution in [3.63, 3.8) is 0 Å². The minimum absolute atomic E-state index is 0.0571. The Hall–Kier alpha value is -0.200. The Balaban J connectivity index is 1.65. The van der Waals surface area contributed by atoms with Crippen molar-refractivity contribution in [2.45, 2.75) is 68.8 Å². The Morgan fingerprint density at radius 3 is 2.67 bits per heavy atom. The number of benzene rings is 1. The van der Waals surface area contributed by atoms with Crippen molar-refractivity contribution in [1.82, 2.24) is 0 Å². The molecule has 2 atom stereocenters. The Morgan fingerprint density at radius 2 is 1.96 bits per heavy atom. The quantitative estimate of drug-likeness (QED) is 0.676. The van der Waals surface area contributed by atoms with Crippen LogP contribution in [0.25, 0.3) is 0 Å². The fourth-order valence-electron chi connectivity index (χ4n) is 3.91. The minimum Gasteiger partial charge on any atom is -0.396 e. The first-order chi connectivity index (χ1) is 13.0. The second kappa shape index (κ2) is 10.0. The number of thioether (sulfide) groups is 2. The molecule has 1 aromatic carbocycles. The van der Waals surface area contributed by atoms with E-state index in [1.54, 1.807) is 0 Å². The maximum absolute atomic E-state index is 9.45. The van der Waals surface area contributed by atoms with Gasteiger partial charge in [0.1, 0.15) is 0 Å². The first-order valence-corrected chi connectivity index (χ1v) is 12.2. The monoisotopic (exact) mass is 410 g/mol. The van der Waals surface area contributed by atoms with Crippen molar-refractivity contribution in [2.24, 2.45) is 5.41 Å². The highest BCUT2D eigenvalue weighted by Gasteiger charge is 2.45. The topological polar surface area (TPSA) is 38.7 Å². The Bertz CT molecular complexity index is 558. The average Bonchev–Trinajstić information content (AvgIpc) is 2.84. The lowest BCUT2D eigenvalue weighted by Crippen LogP contribution is -2.41. The van der Waals surface area contributed by atoms with Gasteiger partial charge in [-0.15, -0.1) is 23.5 Å². The maximum atomic E-state index is 9.45. The zero-order valence-electron chi connectivity index (χ0n) is 16.7. The van der Waals surface area contributed by atoms with Gasteiger partial charge in [-0.25, -0.2) is 0 Å². The molecule has 2 fully saturated rings. The molecule has 0 bridgehead atoms. The van der Waals surface area contributed by atoms with Gasteiger partial charge in [-0.2, -0.15) is 0 Å². The van der Waals surface area contributed by atoms with E-state index in [0.717, 1.165) is 19.3 Å². The van der Waals surface area contributed by atoms with Gasteiger partial charge in [0.25, 0.3) is 0 Å². The summed E-state index contributed by atoms with van der Waals surface area (Å²) in [5.41, 5.74) is 1.15. The van der Waals surface area contributed by atoms with Crippen molar-refractivity contribution < 1.29 is 14.6 Å². The van der Waals surface area contributed by atoms with Gasteiger partial charge in [0, 0.05) is 12.0 Å². The highest BCUT2D eigenvalue weighted by atomic mass is 32.2. The molecule has 0 aromatic heterocycles. The summed E-state index contributed by atoms with van der Waals surface area (Å²) in [5.74, 6) is 2.52. The zero-order chi connectivity index (χ0) is 19.2. The molecule has 1 aromatic rings. The van der Waals surface area contributed by atoms with Gasteiger partial charge >= 0.3 is 0 Å². The number of hydrogen-bond acceptors (Lipinski definition) is 5. The fourth-order valence-corrected chi connectivity index (χ4v) is 7.31. The second-order valence-corrected chi connectivity index (χ2v) is 11.6. The standard InChI is InChI=1S/C22H34O3S2/c1-21(2,17-24-16-18-7-4-3-5-8-18)20-15-22(26-13-6-14-27-22)11-9-19(25-20)10-12-23/h3-5,7-8,19-20,23H,6,9-17H2,1-2H3/t19-,20-/m0/s1. The molecule has 2 aliphatic heterocycles. The zero-order valence-corrected chi connectivity index (χ0v) is 18.3. The van der Waals surface area contributed by atoms with E-state index in [1.165, 1.54) is 29.9 Å². The molecule has 27 heavy (non-hydrogen) atoms. The van der Waals surface area contributed by atoms with E-state index in [9.17, 15) is 5.11 Å². The summed E-state index contributed by atoms with van der Waals surface area (Å²) in [6.07, 6.45) is 5.69. The van der Waals surface area contributed by atoms with Crippen LogP contribution in [0.3, 0.4) is 0 Å². The van der Waals surface area contributed by atoms with E-state index >= 15 is 0 Å². The molecular weight excluding hydrogens is 376 g/mol. The van der Waals surface area contributed by atoms with E-state index in [2.05, 4.69) is 61.6 Å². The number of ether oxygens (including phenoxy) is 2. The molecule has 0 aliphatic carbocycles. The van der Waals surface area contributed by atoms with Gasteiger partial charge in [-0.1, -0.05) is 44.2 Å². The molecule has 2 aliphatic rings. The maximum Gasteiger partial charge on any atom is 0.0717 e. The Morgan fingerprint density at radius 1 is 1.22 bits per heavy atom. The van der Waals surface area contributed by atoms with Gasteiger partial charge in [0.15, 0.2) is 0 Å². The van der Waals surface area contributed by atoms with E-state index < -0.39 is 0 Å². The SMILES string of the molecule is CC(C)(COCc1ccccc1)[C@@H]1CC2(CC[C@@H](CCO)O1)SCCCS2. The molecule has 2 saturated heterocycles. The van der Waals surface area contributed by atoms with Crippen LogP contribution in [-0.2, 0) is 16.1 Å². The van der Waals surface area contributed by atoms with Crippen molar-refractivity contribution in [2.75, 3.05) is 24.7 Å². The number of aliphatic hydroxyl groups excluding tert-OH is 1. The molecule has 2 heterocycles. The number of hydrogen-bond donors (Lipinski definition) is 1.